The molecule has 8 rings (SSSR count). The number of hydrogen-bond acceptors (Lipinski definition) is 11. The molecule has 57 heavy (non-hydrogen) atoms. The molecule has 0 aromatic heterocycles. The van der Waals surface area contributed by atoms with Gasteiger partial charge in [0.25, 0.3) is 0 Å². The molecule has 4 aliphatic heterocycles. The SMILES string of the molecule is CC1(C)O[C@H]2[C@@H](O1)[C@@H](CO[C@H]1O[C@H](COCc3ccccc3)[C@@H](OCc3ccccc3)[C@H](OCc3ccccc3)[C@@H]1OCc1ccccc1)O[C@@H]1OC(C)(C)O[C@@H]12. The summed E-state index contributed by atoms with van der Waals surface area (Å²) in [6, 6.07) is 40.2. The van der Waals surface area contributed by atoms with Gasteiger partial charge in [-0.1, -0.05) is 121 Å². The fourth-order valence-electron chi connectivity index (χ4n) is 7.90. The Morgan fingerprint density at radius 1 is 0.421 bits per heavy atom. The van der Waals surface area contributed by atoms with Gasteiger partial charge in [-0.3, -0.25) is 0 Å². The first-order valence-electron chi connectivity index (χ1n) is 19.9. The van der Waals surface area contributed by atoms with Crippen molar-refractivity contribution in [3.63, 3.8) is 0 Å². The van der Waals surface area contributed by atoms with Crippen LogP contribution in [0.4, 0.5) is 0 Å². The molecule has 4 saturated heterocycles. The third-order valence-electron chi connectivity index (χ3n) is 10.5. The summed E-state index contributed by atoms with van der Waals surface area (Å²) < 4.78 is 72.3. The van der Waals surface area contributed by atoms with Crippen molar-refractivity contribution in [1.82, 2.24) is 0 Å². The smallest absolute Gasteiger partial charge is 0.190 e. The minimum Gasteiger partial charge on any atom is -0.374 e. The van der Waals surface area contributed by atoms with E-state index in [1.807, 2.05) is 149 Å². The van der Waals surface area contributed by atoms with Crippen molar-refractivity contribution in [2.45, 2.75) is 127 Å². The van der Waals surface area contributed by atoms with Crippen LogP contribution < -0.4 is 0 Å². The Labute approximate surface area is 335 Å². The molecule has 0 unspecified atom stereocenters. The van der Waals surface area contributed by atoms with E-state index in [0.717, 1.165) is 22.3 Å². The maximum atomic E-state index is 6.91. The van der Waals surface area contributed by atoms with Crippen LogP contribution in [0, 0.1) is 0 Å². The van der Waals surface area contributed by atoms with Crippen LogP contribution in [0.1, 0.15) is 49.9 Å². The van der Waals surface area contributed by atoms with E-state index in [9.17, 15) is 0 Å². The Morgan fingerprint density at radius 2 is 0.877 bits per heavy atom. The number of fused-ring (bicyclic) bond motifs is 3. The fraction of sp³-hybridized carbons (Fsp3) is 0.478. The molecular weight excluding hydrogens is 728 g/mol. The maximum absolute atomic E-state index is 6.91. The van der Waals surface area contributed by atoms with Gasteiger partial charge in [-0.2, -0.15) is 0 Å². The summed E-state index contributed by atoms with van der Waals surface area (Å²) in [6.07, 6.45) is -6.08. The van der Waals surface area contributed by atoms with Crippen molar-refractivity contribution >= 4 is 0 Å². The molecule has 0 aliphatic carbocycles. The van der Waals surface area contributed by atoms with E-state index in [0.29, 0.717) is 26.4 Å². The molecule has 4 aromatic carbocycles. The molecule has 4 fully saturated rings. The van der Waals surface area contributed by atoms with Crippen LogP contribution in [0.15, 0.2) is 121 Å². The average molecular weight is 783 g/mol. The molecule has 0 saturated carbocycles. The van der Waals surface area contributed by atoms with Gasteiger partial charge in [0.2, 0.25) is 0 Å². The number of ether oxygens (including phenoxy) is 11. The summed E-state index contributed by atoms with van der Waals surface area (Å²) >= 11 is 0. The van der Waals surface area contributed by atoms with Crippen molar-refractivity contribution in [2.75, 3.05) is 13.2 Å². The second-order valence-corrected chi connectivity index (χ2v) is 15.9. The van der Waals surface area contributed by atoms with E-state index in [-0.39, 0.29) is 13.2 Å². The highest BCUT2D eigenvalue weighted by molar-refractivity contribution is 5.16. The van der Waals surface area contributed by atoms with Crippen molar-refractivity contribution in [3.8, 4) is 0 Å². The summed E-state index contributed by atoms with van der Waals surface area (Å²) in [5, 5.41) is 0. The maximum Gasteiger partial charge on any atom is 0.190 e. The fourth-order valence-corrected chi connectivity index (χ4v) is 7.90. The second kappa shape index (κ2) is 18.1. The lowest BCUT2D eigenvalue weighted by Crippen LogP contribution is -2.62. The predicted molar refractivity (Wildman–Crippen MR) is 208 cm³/mol. The molecule has 10 atom stereocenters. The highest BCUT2D eigenvalue weighted by Crippen LogP contribution is 2.44. The van der Waals surface area contributed by atoms with E-state index >= 15 is 0 Å². The van der Waals surface area contributed by atoms with E-state index in [1.165, 1.54) is 0 Å². The third kappa shape index (κ3) is 10.2. The highest BCUT2D eigenvalue weighted by atomic mass is 16.9. The van der Waals surface area contributed by atoms with Gasteiger partial charge in [0.15, 0.2) is 24.2 Å². The quantitative estimate of drug-likeness (QED) is 0.116. The lowest BCUT2D eigenvalue weighted by molar-refractivity contribution is -0.337. The Kier molecular flexibility index (Phi) is 12.8. The Bertz CT molecular complexity index is 1810. The lowest BCUT2D eigenvalue weighted by Gasteiger charge is -2.46. The summed E-state index contributed by atoms with van der Waals surface area (Å²) in [5.74, 6) is -1.70. The highest BCUT2D eigenvalue weighted by Gasteiger charge is 2.61. The molecule has 0 amide bonds. The summed E-state index contributed by atoms with van der Waals surface area (Å²) in [7, 11) is 0. The number of hydrogen-bond donors (Lipinski definition) is 0. The van der Waals surface area contributed by atoms with Gasteiger partial charge >= 0.3 is 0 Å². The normalized spacial score (nSPS) is 31.4. The Morgan fingerprint density at radius 3 is 1.44 bits per heavy atom. The van der Waals surface area contributed by atoms with E-state index in [2.05, 4.69) is 0 Å². The molecule has 0 radical (unpaired) electrons. The average Bonchev–Trinajstić information content (AvgIpc) is 3.73. The van der Waals surface area contributed by atoms with Gasteiger partial charge in [0.05, 0.1) is 39.6 Å². The van der Waals surface area contributed by atoms with Crippen molar-refractivity contribution in [2.24, 2.45) is 0 Å². The number of benzene rings is 4. The Balaban J connectivity index is 1.09. The van der Waals surface area contributed by atoms with E-state index < -0.39 is 73.0 Å². The summed E-state index contributed by atoms with van der Waals surface area (Å²) in [6.45, 7) is 9.15. The lowest BCUT2D eigenvalue weighted by atomic mass is 9.97. The molecule has 0 N–H and O–H groups in total. The zero-order chi connectivity index (χ0) is 39.2. The molecular formula is C46H54O11. The van der Waals surface area contributed by atoms with Gasteiger partial charge in [-0.25, -0.2) is 0 Å². The van der Waals surface area contributed by atoms with Crippen LogP contribution in [0.25, 0.3) is 0 Å². The third-order valence-corrected chi connectivity index (χ3v) is 10.5. The van der Waals surface area contributed by atoms with Gasteiger partial charge in [-0.15, -0.1) is 0 Å². The topological polar surface area (TPSA) is 102 Å². The standard InChI is InChI=1S/C46H54O11/c1-45(2)54-38-36(53-44-42(40(38)55-45)56-46(3,4)57-44)30-51-43-41(50-28-34-23-15-8-16-24-34)39(49-27-33-21-13-7-14-22-33)37(48-26-32-19-11-6-12-20-32)35(52-43)29-47-25-31-17-9-5-10-18-31/h5-24,35-44H,25-30H2,1-4H3/t35-,36-,37-,38+,39+,40+,41+,42-,43+,44-/m1/s1. The largest absolute Gasteiger partial charge is 0.374 e. The van der Waals surface area contributed by atoms with Crippen molar-refractivity contribution < 1.29 is 52.1 Å². The predicted octanol–water partition coefficient (Wildman–Crippen LogP) is 7.10. The summed E-state index contributed by atoms with van der Waals surface area (Å²) in [5.41, 5.74) is 4.08. The monoisotopic (exact) mass is 782 g/mol. The molecule has 0 bridgehead atoms. The van der Waals surface area contributed by atoms with E-state index in [4.69, 9.17) is 52.1 Å². The molecule has 0 spiro atoms. The summed E-state index contributed by atoms with van der Waals surface area (Å²) in [4.78, 5) is 0. The van der Waals surface area contributed by atoms with Crippen LogP contribution in [0.3, 0.4) is 0 Å². The van der Waals surface area contributed by atoms with E-state index in [1.54, 1.807) is 0 Å². The van der Waals surface area contributed by atoms with Crippen LogP contribution in [-0.2, 0) is 78.5 Å². The molecule has 4 aliphatic rings. The molecule has 4 heterocycles. The molecule has 11 nitrogen and oxygen atoms in total. The zero-order valence-electron chi connectivity index (χ0n) is 33.1. The first kappa shape index (κ1) is 40.2. The minimum atomic E-state index is -0.913. The Hall–Kier alpha value is -3.56. The van der Waals surface area contributed by atoms with Crippen LogP contribution in [-0.4, -0.2) is 86.2 Å². The van der Waals surface area contributed by atoms with Gasteiger partial charge in [0, 0.05) is 0 Å². The zero-order valence-corrected chi connectivity index (χ0v) is 33.1. The molecule has 304 valence electrons. The molecule has 11 heteroatoms. The number of rotatable bonds is 16. The molecule has 4 aromatic rings. The van der Waals surface area contributed by atoms with Gasteiger partial charge in [0.1, 0.15) is 48.8 Å². The van der Waals surface area contributed by atoms with Crippen LogP contribution >= 0.6 is 0 Å². The first-order chi connectivity index (χ1) is 27.7. The minimum absolute atomic E-state index is 0.0853. The van der Waals surface area contributed by atoms with Crippen LogP contribution in [0.2, 0.25) is 0 Å². The van der Waals surface area contributed by atoms with Gasteiger partial charge < -0.3 is 52.1 Å². The van der Waals surface area contributed by atoms with Crippen LogP contribution in [0.5, 0.6) is 0 Å². The first-order valence-corrected chi connectivity index (χ1v) is 19.9. The van der Waals surface area contributed by atoms with Gasteiger partial charge in [-0.05, 0) is 49.9 Å². The van der Waals surface area contributed by atoms with Crippen molar-refractivity contribution in [3.05, 3.63) is 144 Å². The second-order valence-electron chi connectivity index (χ2n) is 15.9. The van der Waals surface area contributed by atoms with Crippen molar-refractivity contribution in [1.29, 1.82) is 0 Å².